The molecule has 0 radical (unpaired) electrons. The van der Waals surface area contributed by atoms with Crippen LogP contribution in [0.1, 0.15) is 6.92 Å². The van der Waals surface area contributed by atoms with Crippen LogP contribution in [-0.4, -0.2) is 12.9 Å². The number of hydrogen-bond donors (Lipinski definition) is 0. The molecular weight excluding hydrogens is 118 g/mol. The lowest BCUT2D eigenvalue weighted by atomic mass is 10.4. The summed E-state index contributed by atoms with van der Waals surface area (Å²) < 4.78 is 4.66. The van der Waals surface area contributed by atoms with Gasteiger partial charge in [0.1, 0.15) is 17.9 Å². The highest BCUT2D eigenvalue weighted by Crippen LogP contribution is 1.85. The molecule has 9 heavy (non-hydrogen) atoms. The van der Waals surface area contributed by atoms with Crippen LogP contribution in [0.2, 0.25) is 0 Å². The van der Waals surface area contributed by atoms with Crippen molar-refractivity contribution in [3.8, 4) is 6.07 Å². The summed E-state index contributed by atoms with van der Waals surface area (Å²) in [7, 11) is 0. The van der Waals surface area contributed by atoms with Crippen molar-refractivity contribution in [1.29, 1.82) is 5.26 Å². The van der Waals surface area contributed by atoms with Crippen molar-refractivity contribution in [2.45, 2.75) is 6.92 Å². The highest BCUT2D eigenvalue weighted by molar-refractivity contribution is 5.78. The topological polar surface area (TPSA) is 50.1 Å². The standard InChI is InChI=1S/C6H7NO2/c1-2-9-5-6(3-7)4-8/h4-5H,2H2,1H3. The van der Waals surface area contributed by atoms with Gasteiger partial charge in [-0.15, -0.1) is 0 Å². The van der Waals surface area contributed by atoms with Crippen LogP contribution in [0.4, 0.5) is 0 Å². The lowest BCUT2D eigenvalue weighted by molar-refractivity contribution is -0.104. The first-order valence-electron chi connectivity index (χ1n) is 2.52. The van der Waals surface area contributed by atoms with E-state index in [9.17, 15) is 4.79 Å². The van der Waals surface area contributed by atoms with Crippen LogP contribution < -0.4 is 0 Å². The summed E-state index contributed by atoms with van der Waals surface area (Å²) in [4.78, 5) is 9.87. The Hall–Kier alpha value is -1.30. The van der Waals surface area contributed by atoms with Crippen LogP contribution in [0.5, 0.6) is 0 Å². The number of rotatable bonds is 3. The molecule has 3 nitrogen and oxygen atoms in total. The number of nitrogens with zero attached hydrogens (tertiary/aromatic N) is 1. The third-order valence-electron chi connectivity index (χ3n) is 0.633. The van der Waals surface area contributed by atoms with Gasteiger partial charge in [0.05, 0.1) is 6.61 Å². The zero-order chi connectivity index (χ0) is 7.11. The second-order valence-corrected chi connectivity index (χ2v) is 1.26. The molecule has 0 saturated carbocycles. The molecule has 0 aliphatic rings. The second-order valence-electron chi connectivity index (χ2n) is 1.26. The second kappa shape index (κ2) is 4.85. The average Bonchev–Trinajstić information content (AvgIpc) is 1.91. The fourth-order valence-electron chi connectivity index (χ4n) is 0.254. The van der Waals surface area contributed by atoms with E-state index >= 15 is 0 Å². The number of allylic oxidation sites excluding steroid dienone is 1. The van der Waals surface area contributed by atoms with Crippen LogP contribution in [-0.2, 0) is 9.53 Å². The van der Waals surface area contributed by atoms with E-state index in [-0.39, 0.29) is 5.57 Å². The molecule has 0 saturated heterocycles. The summed E-state index contributed by atoms with van der Waals surface area (Å²) in [6, 6.07) is 1.65. The van der Waals surface area contributed by atoms with Crippen LogP contribution in [0.3, 0.4) is 0 Å². The molecular formula is C6H7NO2. The third-order valence-corrected chi connectivity index (χ3v) is 0.633. The maximum absolute atomic E-state index is 9.87. The van der Waals surface area contributed by atoms with Crippen molar-refractivity contribution in [2.75, 3.05) is 6.61 Å². The highest BCUT2D eigenvalue weighted by Gasteiger charge is 1.87. The quantitative estimate of drug-likeness (QED) is 0.240. The zero-order valence-electron chi connectivity index (χ0n) is 5.13. The predicted octanol–water partition coefficient (Wildman–Crippen LogP) is 0.629. The molecule has 48 valence electrons. The fraction of sp³-hybridized carbons (Fsp3) is 0.333. The lowest BCUT2D eigenvalue weighted by Gasteiger charge is -1.89. The van der Waals surface area contributed by atoms with E-state index in [2.05, 4.69) is 4.74 Å². The molecule has 0 N–H and O–H groups in total. The summed E-state index contributed by atoms with van der Waals surface area (Å²) in [6.45, 7) is 2.25. The Labute approximate surface area is 53.5 Å². The maximum Gasteiger partial charge on any atom is 0.163 e. The van der Waals surface area contributed by atoms with Crippen LogP contribution in [0.15, 0.2) is 11.8 Å². The van der Waals surface area contributed by atoms with Crippen molar-refractivity contribution in [2.24, 2.45) is 0 Å². The molecule has 3 heteroatoms. The van der Waals surface area contributed by atoms with Gasteiger partial charge in [0, 0.05) is 0 Å². The minimum absolute atomic E-state index is 0.0110. The molecule has 0 rings (SSSR count). The van der Waals surface area contributed by atoms with E-state index in [1.807, 2.05) is 0 Å². The van der Waals surface area contributed by atoms with Gasteiger partial charge in [-0.2, -0.15) is 5.26 Å². The van der Waals surface area contributed by atoms with Crippen molar-refractivity contribution < 1.29 is 9.53 Å². The first-order chi connectivity index (χ1) is 4.35. The van der Waals surface area contributed by atoms with E-state index in [0.717, 1.165) is 6.26 Å². The number of nitriles is 1. The van der Waals surface area contributed by atoms with Crippen LogP contribution >= 0.6 is 0 Å². The summed E-state index contributed by atoms with van der Waals surface area (Å²) in [5, 5.41) is 8.12. The van der Waals surface area contributed by atoms with E-state index in [4.69, 9.17) is 5.26 Å². The normalized spacial score (nSPS) is 10.0. The zero-order valence-corrected chi connectivity index (χ0v) is 5.13. The summed E-state index contributed by atoms with van der Waals surface area (Å²) in [6.07, 6.45) is 1.60. The van der Waals surface area contributed by atoms with Crippen molar-refractivity contribution >= 4 is 6.29 Å². The molecule has 0 atom stereocenters. The summed E-state index contributed by atoms with van der Waals surface area (Å²) >= 11 is 0. The van der Waals surface area contributed by atoms with Gasteiger partial charge in [-0.25, -0.2) is 0 Å². The Morgan fingerprint density at radius 1 is 1.89 bits per heavy atom. The Bertz CT molecular complexity index is 155. The number of carbonyl (C=O) groups excluding carboxylic acids is 1. The minimum Gasteiger partial charge on any atom is -0.500 e. The molecule has 0 aliphatic heterocycles. The van der Waals surface area contributed by atoms with Gasteiger partial charge < -0.3 is 4.74 Å². The summed E-state index contributed by atoms with van der Waals surface area (Å²) in [5.74, 6) is 0. The smallest absolute Gasteiger partial charge is 0.163 e. The van der Waals surface area contributed by atoms with E-state index < -0.39 is 0 Å². The van der Waals surface area contributed by atoms with Gasteiger partial charge in [-0.05, 0) is 6.92 Å². The highest BCUT2D eigenvalue weighted by atomic mass is 16.5. The van der Waals surface area contributed by atoms with Gasteiger partial charge in [0.2, 0.25) is 0 Å². The molecule has 0 bridgehead atoms. The summed E-state index contributed by atoms with van der Waals surface area (Å²) in [5.41, 5.74) is 0.0110. The van der Waals surface area contributed by atoms with Gasteiger partial charge in [0.15, 0.2) is 6.29 Å². The largest absolute Gasteiger partial charge is 0.500 e. The first-order valence-corrected chi connectivity index (χ1v) is 2.52. The molecule has 0 heterocycles. The van der Waals surface area contributed by atoms with Crippen molar-refractivity contribution in [3.63, 3.8) is 0 Å². The van der Waals surface area contributed by atoms with Gasteiger partial charge in [0.25, 0.3) is 0 Å². The molecule has 0 spiro atoms. The van der Waals surface area contributed by atoms with Crippen molar-refractivity contribution in [3.05, 3.63) is 11.8 Å². The third kappa shape index (κ3) is 3.30. The van der Waals surface area contributed by atoms with E-state index in [1.54, 1.807) is 13.0 Å². The van der Waals surface area contributed by atoms with Gasteiger partial charge in [-0.1, -0.05) is 0 Å². The Morgan fingerprint density at radius 3 is 2.89 bits per heavy atom. The number of carbonyl (C=O) groups is 1. The van der Waals surface area contributed by atoms with E-state index in [0.29, 0.717) is 12.9 Å². The Balaban J connectivity index is 3.80. The number of ether oxygens (including phenoxy) is 1. The number of aldehydes is 1. The molecule has 0 aromatic heterocycles. The van der Waals surface area contributed by atoms with Crippen LogP contribution in [0.25, 0.3) is 0 Å². The minimum atomic E-state index is 0.0110. The average molecular weight is 125 g/mol. The fourth-order valence-corrected chi connectivity index (χ4v) is 0.254. The van der Waals surface area contributed by atoms with Crippen molar-refractivity contribution in [1.82, 2.24) is 0 Å². The predicted molar refractivity (Wildman–Crippen MR) is 31.4 cm³/mol. The molecule has 0 unspecified atom stereocenters. The Morgan fingerprint density at radius 2 is 2.56 bits per heavy atom. The van der Waals surface area contributed by atoms with Gasteiger partial charge in [-0.3, -0.25) is 4.79 Å². The Kier molecular flexibility index (Phi) is 4.15. The van der Waals surface area contributed by atoms with Crippen LogP contribution in [0, 0.1) is 11.3 Å². The monoisotopic (exact) mass is 125 g/mol. The number of hydrogen-bond acceptors (Lipinski definition) is 3. The molecule has 0 amide bonds. The maximum atomic E-state index is 9.87. The lowest BCUT2D eigenvalue weighted by Crippen LogP contribution is -1.83. The molecule has 0 aromatic rings. The molecule has 0 fully saturated rings. The SMILES string of the molecule is CCOC=C(C#N)C=O. The molecule has 0 aromatic carbocycles. The van der Waals surface area contributed by atoms with E-state index in [1.165, 1.54) is 0 Å². The first kappa shape index (κ1) is 7.70. The van der Waals surface area contributed by atoms with Gasteiger partial charge >= 0.3 is 0 Å². The molecule has 0 aliphatic carbocycles.